The summed E-state index contributed by atoms with van der Waals surface area (Å²) >= 11 is 0. The average Bonchev–Trinajstić information content (AvgIpc) is 3.34. The monoisotopic (exact) mass is 389 g/mol. The van der Waals surface area contributed by atoms with Gasteiger partial charge >= 0.3 is 16.2 Å². The van der Waals surface area contributed by atoms with Crippen LogP contribution in [0.5, 0.6) is 0 Å². The number of aromatic nitrogens is 1. The summed E-state index contributed by atoms with van der Waals surface area (Å²) in [5, 5.41) is 12.4. The Morgan fingerprint density at radius 3 is 2.33 bits per heavy atom. The molecule has 0 spiro atoms. The summed E-state index contributed by atoms with van der Waals surface area (Å²) in [4.78, 5) is 12.5. The van der Waals surface area contributed by atoms with Crippen LogP contribution < -0.4 is 10.0 Å². The van der Waals surface area contributed by atoms with Crippen molar-refractivity contribution in [2.45, 2.75) is 51.6 Å². The molecule has 27 heavy (non-hydrogen) atoms. The first kappa shape index (κ1) is 18.1. The van der Waals surface area contributed by atoms with Gasteiger partial charge in [0.05, 0.1) is 6.10 Å². The third-order valence-corrected chi connectivity index (χ3v) is 6.61. The molecule has 2 amide bonds. The van der Waals surface area contributed by atoms with Gasteiger partial charge in [-0.05, 0) is 79.3 Å². The molecule has 3 N–H and O–H groups in total. The highest BCUT2D eigenvalue weighted by molar-refractivity contribution is 7.88. The molecule has 2 aromatic rings. The predicted octanol–water partition coefficient (Wildman–Crippen LogP) is 2.43. The van der Waals surface area contributed by atoms with Gasteiger partial charge < -0.3 is 10.4 Å². The quantitative estimate of drug-likeness (QED) is 0.748. The third kappa shape index (κ3) is 3.35. The number of urea groups is 1. The average molecular weight is 389 g/mol. The van der Waals surface area contributed by atoms with Crippen molar-refractivity contribution >= 4 is 21.9 Å². The maximum Gasteiger partial charge on any atom is 0.334 e. The molecule has 8 heteroatoms. The molecule has 1 aromatic heterocycles. The highest BCUT2D eigenvalue weighted by atomic mass is 32.2. The van der Waals surface area contributed by atoms with Crippen LogP contribution in [0.3, 0.4) is 0 Å². The lowest BCUT2D eigenvalue weighted by Crippen LogP contribution is -2.38. The summed E-state index contributed by atoms with van der Waals surface area (Å²) < 4.78 is 27.8. The Morgan fingerprint density at radius 1 is 1.15 bits per heavy atom. The SMILES string of the molecule is CC(O)c1ccn(S(=O)(=O)NC(=O)Nc2c3c(cc4c2CCC4)CCC3)c1. The van der Waals surface area contributed by atoms with Crippen molar-refractivity contribution in [3.05, 3.63) is 52.3 Å². The zero-order valence-electron chi connectivity index (χ0n) is 15.2. The number of amides is 2. The molecule has 0 aliphatic heterocycles. The Balaban J connectivity index is 1.57. The van der Waals surface area contributed by atoms with Crippen LogP contribution in [-0.2, 0) is 35.9 Å². The van der Waals surface area contributed by atoms with Gasteiger partial charge in [0, 0.05) is 18.1 Å². The fourth-order valence-electron chi connectivity index (χ4n) is 4.07. The molecule has 0 saturated carbocycles. The van der Waals surface area contributed by atoms with Gasteiger partial charge in [-0.25, -0.2) is 13.5 Å². The van der Waals surface area contributed by atoms with Crippen LogP contribution in [0.25, 0.3) is 0 Å². The van der Waals surface area contributed by atoms with Gasteiger partial charge in [0.2, 0.25) is 0 Å². The Morgan fingerprint density at radius 2 is 1.78 bits per heavy atom. The van der Waals surface area contributed by atoms with Crippen LogP contribution >= 0.6 is 0 Å². The fourth-order valence-corrected chi connectivity index (χ4v) is 4.94. The van der Waals surface area contributed by atoms with E-state index in [4.69, 9.17) is 0 Å². The van der Waals surface area contributed by atoms with Gasteiger partial charge in [-0.15, -0.1) is 0 Å². The minimum atomic E-state index is -4.08. The van der Waals surface area contributed by atoms with Crippen molar-refractivity contribution in [2.75, 3.05) is 5.32 Å². The molecule has 1 aromatic carbocycles. The molecule has 7 nitrogen and oxygen atoms in total. The molecule has 0 saturated heterocycles. The molecule has 0 bridgehead atoms. The third-order valence-electron chi connectivity index (χ3n) is 5.38. The number of benzene rings is 1. The first-order valence-electron chi connectivity index (χ1n) is 9.22. The van der Waals surface area contributed by atoms with E-state index in [1.807, 2.05) is 0 Å². The second-order valence-corrected chi connectivity index (χ2v) is 8.82. The number of rotatable bonds is 4. The number of nitrogens with zero attached hydrogens (tertiary/aromatic N) is 1. The lowest BCUT2D eigenvalue weighted by Gasteiger charge is -2.16. The number of hydrogen-bond donors (Lipinski definition) is 3. The second kappa shape index (κ2) is 6.69. The largest absolute Gasteiger partial charge is 0.389 e. The molecule has 1 unspecified atom stereocenters. The van der Waals surface area contributed by atoms with Crippen LogP contribution in [0, 0.1) is 0 Å². The topological polar surface area (TPSA) is 100 Å². The van der Waals surface area contributed by atoms with Gasteiger partial charge in [0.15, 0.2) is 0 Å². The van der Waals surface area contributed by atoms with E-state index in [1.165, 1.54) is 29.6 Å². The van der Waals surface area contributed by atoms with Crippen LogP contribution in [-0.4, -0.2) is 23.5 Å². The molecule has 2 aliphatic carbocycles. The summed E-state index contributed by atoms with van der Waals surface area (Å²) in [5.74, 6) is 0. The summed E-state index contributed by atoms with van der Waals surface area (Å²) in [6, 6.07) is 2.98. The number of nitrogens with one attached hydrogen (secondary N) is 2. The Bertz CT molecular complexity index is 976. The van der Waals surface area contributed by atoms with Crippen molar-refractivity contribution < 1.29 is 18.3 Å². The lowest BCUT2D eigenvalue weighted by atomic mass is 9.99. The number of anilines is 1. The van der Waals surface area contributed by atoms with Gasteiger partial charge in [0.1, 0.15) is 0 Å². The Labute approximate surface area is 158 Å². The number of hydrogen-bond acceptors (Lipinski definition) is 4. The number of carbonyl (C=O) groups excluding carboxylic acids is 1. The van der Waals surface area contributed by atoms with Crippen molar-refractivity contribution in [3.63, 3.8) is 0 Å². The van der Waals surface area contributed by atoms with Gasteiger partial charge in [-0.2, -0.15) is 8.42 Å². The summed E-state index contributed by atoms with van der Waals surface area (Å²) in [6.07, 6.45) is 7.72. The molecule has 2 aliphatic rings. The van der Waals surface area contributed by atoms with Crippen molar-refractivity contribution in [3.8, 4) is 0 Å². The van der Waals surface area contributed by atoms with Crippen molar-refractivity contribution in [1.82, 2.24) is 8.69 Å². The second-order valence-electron chi connectivity index (χ2n) is 7.25. The molecule has 144 valence electrons. The number of aliphatic hydroxyl groups is 1. The van der Waals surface area contributed by atoms with Crippen LogP contribution in [0.1, 0.15) is 53.7 Å². The number of fused-ring (bicyclic) bond motifs is 2. The molecule has 1 heterocycles. The smallest absolute Gasteiger partial charge is 0.334 e. The van der Waals surface area contributed by atoms with E-state index < -0.39 is 22.3 Å². The highest BCUT2D eigenvalue weighted by Gasteiger charge is 2.26. The zero-order valence-corrected chi connectivity index (χ0v) is 16.0. The van der Waals surface area contributed by atoms with E-state index in [1.54, 1.807) is 6.92 Å². The van der Waals surface area contributed by atoms with E-state index in [9.17, 15) is 18.3 Å². The molecular weight excluding hydrogens is 366 g/mol. The van der Waals surface area contributed by atoms with Gasteiger partial charge in [0.25, 0.3) is 0 Å². The number of aliphatic hydroxyl groups excluding tert-OH is 1. The van der Waals surface area contributed by atoms with Gasteiger partial charge in [-0.1, -0.05) is 6.07 Å². The standard InChI is InChI=1S/C19H23N3O4S/c1-12(23)15-8-9-22(11-15)27(25,26)21-19(24)20-18-16-6-2-4-13(16)10-14-5-3-7-17(14)18/h8-12,23H,2-7H2,1H3,(H2,20,21,24). The molecule has 1 atom stereocenters. The number of aryl methyl sites for hydroxylation is 2. The maximum absolute atomic E-state index is 12.5. The first-order chi connectivity index (χ1) is 12.8. The van der Waals surface area contributed by atoms with E-state index >= 15 is 0 Å². The molecule has 0 radical (unpaired) electrons. The van der Waals surface area contributed by atoms with Crippen molar-refractivity contribution in [2.24, 2.45) is 0 Å². The maximum atomic E-state index is 12.5. The van der Waals surface area contributed by atoms with Gasteiger partial charge in [-0.3, -0.25) is 0 Å². The predicted molar refractivity (Wildman–Crippen MR) is 102 cm³/mol. The fraction of sp³-hybridized carbons (Fsp3) is 0.421. The van der Waals surface area contributed by atoms with Crippen LogP contribution in [0.4, 0.5) is 10.5 Å². The summed E-state index contributed by atoms with van der Waals surface area (Å²) in [5.41, 5.74) is 6.06. The summed E-state index contributed by atoms with van der Waals surface area (Å²) in [6.45, 7) is 1.54. The minimum Gasteiger partial charge on any atom is -0.389 e. The number of carbonyl (C=O) groups is 1. The van der Waals surface area contributed by atoms with Crippen molar-refractivity contribution in [1.29, 1.82) is 0 Å². The lowest BCUT2D eigenvalue weighted by molar-refractivity contribution is 0.199. The van der Waals surface area contributed by atoms with E-state index in [2.05, 4.69) is 16.1 Å². The van der Waals surface area contributed by atoms with Crippen LogP contribution in [0.2, 0.25) is 0 Å². The minimum absolute atomic E-state index is 0.458. The Hall–Kier alpha value is -2.32. The zero-order chi connectivity index (χ0) is 19.2. The van der Waals surface area contributed by atoms with E-state index in [-0.39, 0.29) is 0 Å². The molecule has 0 fully saturated rings. The van der Waals surface area contributed by atoms with Crippen LogP contribution in [0.15, 0.2) is 24.5 Å². The highest BCUT2D eigenvalue weighted by Crippen LogP contribution is 2.38. The van der Waals surface area contributed by atoms with E-state index in [0.29, 0.717) is 5.56 Å². The molecule has 4 rings (SSSR count). The first-order valence-corrected chi connectivity index (χ1v) is 10.7. The van der Waals surface area contributed by atoms with E-state index in [0.717, 1.165) is 59.3 Å². The molecular formula is C19H23N3O4S. The summed E-state index contributed by atoms with van der Waals surface area (Å²) in [7, 11) is -4.08. The Kier molecular flexibility index (Phi) is 4.47. The normalized spacial score (nSPS) is 16.7.